The summed E-state index contributed by atoms with van der Waals surface area (Å²) in [6, 6.07) is 13.2. The van der Waals surface area contributed by atoms with Crippen LogP contribution in [0.25, 0.3) is 0 Å². The predicted molar refractivity (Wildman–Crippen MR) is 179 cm³/mol. The third kappa shape index (κ3) is 6.48. The summed E-state index contributed by atoms with van der Waals surface area (Å²) >= 11 is 16.9. The van der Waals surface area contributed by atoms with Crippen molar-refractivity contribution in [2.24, 2.45) is 11.3 Å². The summed E-state index contributed by atoms with van der Waals surface area (Å²) in [4.78, 5) is 28.6. The van der Waals surface area contributed by atoms with Gasteiger partial charge in [0.05, 0.1) is 28.7 Å². The number of benzene rings is 2. The van der Waals surface area contributed by atoms with Crippen molar-refractivity contribution >= 4 is 90.1 Å². The normalized spacial score (nSPS) is 25.6. The molecule has 0 bridgehead atoms. The van der Waals surface area contributed by atoms with Gasteiger partial charge in [-0.3, -0.25) is 9.59 Å². The van der Waals surface area contributed by atoms with Crippen LogP contribution in [0.4, 0.5) is 0 Å². The van der Waals surface area contributed by atoms with Crippen LogP contribution in [0, 0.1) is 11.3 Å². The van der Waals surface area contributed by atoms with E-state index in [1.54, 1.807) is 50.8 Å². The average molecular weight is 834 g/mol. The lowest BCUT2D eigenvalue weighted by Crippen LogP contribution is -2.64. The summed E-state index contributed by atoms with van der Waals surface area (Å²) in [5, 5.41) is 11.0. The van der Waals surface area contributed by atoms with Crippen LogP contribution in [0.5, 0.6) is 0 Å². The SMILES string of the molecule is CC(C)C([C@H](I)S(=O)(=O)C(C)(C)C)N1C(=O)[C@@](C)(CC(=O)O)C(I)[C@H](c2cccc(Cl)c2)[C@H]1c1ccc(Cl)cc1. The molecule has 220 valence electrons. The first kappa shape index (κ1) is 33.9. The molecule has 6 nitrogen and oxygen atoms in total. The van der Waals surface area contributed by atoms with Crippen molar-refractivity contribution in [1.82, 2.24) is 4.90 Å². The second-order valence-electron chi connectivity index (χ2n) is 11.9. The van der Waals surface area contributed by atoms with Gasteiger partial charge >= 0.3 is 5.97 Å². The highest BCUT2D eigenvalue weighted by Crippen LogP contribution is 2.56. The molecule has 40 heavy (non-hydrogen) atoms. The van der Waals surface area contributed by atoms with E-state index in [0.29, 0.717) is 10.0 Å². The van der Waals surface area contributed by atoms with Gasteiger partial charge < -0.3 is 10.0 Å². The highest BCUT2D eigenvalue weighted by atomic mass is 127. The first-order valence-electron chi connectivity index (χ1n) is 12.9. The number of sulfone groups is 1. The summed E-state index contributed by atoms with van der Waals surface area (Å²) in [7, 11) is -3.74. The third-order valence-electron chi connectivity index (χ3n) is 7.67. The second-order valence-corrected chi connectivity index (χ2v) is 19.1. The molecule has 0 spiro atoms. The van der Waals surface area contributed by atoms with E-state index in [-0.39, 0.29) is 11.8 Å². The molecular formula is C29H35Cl2I2NO5S. The number of nitrogens with zero attached hydrogens (tertiary/aromatic N) is 1. The lowest BCUT2D eigenvalue weighted by molar-refractivity contribution is -0.159. The molecule has 0 saturated carbocycles. The maximum atomic E-state index is 14.7. The summed E-state index contributed by atoms with van der Waals surface area (Å²) in [6.07, 6.45) is -0.400. The minimum atomic E-state index is -3.74. The van der Waals surface area contributed by atoms with Gasteiger partial charge in [-0.2, -0.15) is 0 Å². The van der Waals surface area contributed by atoms with Gasteiger partial charge in [-0.15, -0.1) is 0 Å². The maximum absolute atomic E-state index is 14.7. The molecule has 2 unspecified atom stereocenters. The molecule has 1 amide bonds. The Kier molecular flexibility index (Phi) is 10.6. The fourth-order valence-corrected chi connectivity index (χ4v) is 12.0. The summed E-state index contributed by atoms with van der Waals surface area (Å²) in [5.74, 6) is -2.14. The van der Waals surface area contributed by atoms with Crippen molar-refractivity contribution in [3.8, 4) is 0 Å². The number of hydrogen-bond donors (Lipinski definition) is 1. The monoisotopic (exact) mass is 833 g/mol. The van der Waals surface area contributed by atoms with Crippen molar-refractivity contribution in [1.29, 1.82) is 0 Å². The van der Waals surface area contributed by atoms with Gasteiger partial charge in [-0.25, -0.2) is 8.42 Å². The quantitative estimate of drug-likeness (QED) is 0.216. The molecule has 1 heterocycles. The van der Waals surface area contributed by atoms with Gasteiger partial charge in [0, 0.05) is 19.9 Å². The largest absolute Gasteiger partial charge is 0.481 e. The molecular weight excluding hydrogens is 799 g/mol. The Balaban J connectivity index is 2.42. The molecule has 6 atom stereocenters. The van der Waals surface area contributed by atoms with Crippen molar-refractivity contribution < 1.29 is 23.1 Å². The molecule has 0 radical (unpaired) electrons. The molecule has 11 heteroatoms. The van der Waals surface area contributed by atoms with Gasteiger partial charge in [0.2, 0.25) is 5.91 Å². The fourth-order valence-electron chi connectivity index (χ4n) is 5.44. The van der Waals surface area contributed by atoms with E-state index in [9.17, 15) is 23.1 Å². The molecule has 1 fully saturated rings. The van der Waals surface area contributed by atoms with Crippen LogP contribution in [-0.2, 0) is 19.4 Å². The van der Waals surface area contributed by atoms with E-state index in [2.05, 4.69) is 22.6 Å². The number of carbonyl (C=O) groups is 2. The van der Waals surface area contributed by atoms with E-state index >= 15 is 0 Å². The standard InChI is InChI=1S/C29H35Cl2I2NO5S/c1-16(2)23(26(33)40(38,39)28(3,4)5)34-24(17-10-12-19(30)13-11-17)22(18-8-7-9-20(31)14-18)25(32)29(6,27(34)37)15-21(35)36/h7-14,16,22-26H,15H2,1-6H3,(H,35,36)/t22-,23?,24-,25?,26-,29+/m1/s1. The Morgan fingerprint density at radius 3 is 2.12 bits per heavy atom. The number of hydrogen-bond acceptors (Lipinski definition) is 4. The zero-order valence-electron chi connectivity index (χ0n) is 23.2. The van der Waals surface area contributed by atoms with Crippen LogP contribution in [0.1, 0.15) is 71.0 Å². The van der Waals surface area contributed by atoms with Crippen LogP contribution in [0.2, 0.25) is 10.0 Å². The number of aliphatic carboxylic acids is 1. The number of rotatable bonds is 8. The number of carboxylic acid groups (broad SMARTS) is 1. The Morgan fingerprint density at radius 1 is 1.07 bits per heavy atom. The minimum absolute atomic E-state index is 0.266. The van der Waals surface area contributed by atoms with Gasteiger partial charge in [0.15, 0.2) is 9.84 Å². The number of amides is 1. The molecule has 0 aromatic heterocycles. The van der Waals surface area contributed by atoms with Crippen LogP contribution >= 0.6 is 68.4 Å². The lowest BCUT2D eigenvalue weighted by atomic mass is 9.66. The van der Waals surface area contributed by atoms with Crippen LogP contribution in [0.3, 0.4) is 0 Å². The molecule has 1 aliphatic heterocycles. The molecule has 2 aromatic carbocycles. The van der Waals surface area contributed by atoms with Crippen LogP contribution in [-0.4, -0.2) is 48.3 Å². The summed E-state index contributed by atoms with van der Waals surface area (Å²) in [6.45, 7) is 10.5. The zero-order valence-corrected chi connectivity index (χ0v) is 29.9. The van der Waals surface area contributed by atoms with Crippen molar-refractivity contribution in [2.75, 3.05) is 0 Å². The van der Waals surface area contributed by atoms with E-state index < -0.39 is 57.6 Å². The zero-order chi connectivity index (χ0) is 30.4. The molecule has 0 aliphatic carbocycles. The van der Waals surface area contributed by atoms with Gasteiger partial charge in [-0.1, -0.05) is 106 Å². The van der Waals surface area contributed by atoms with Crippen molar-refractivity contribution in [2.45, 2.75) is 77.9 Å². The number of carboxylic acids is 1. The number of halogens is 4. The van der Waals surface area contributed by atoms with E-state index in [1.165, 1.54) is 0 Å². The van der Waals surface area contributed by atoms with E-state index in [1.807, 2.05) is 66.8 Å². The Hall–Kier alpha value is -0.630. The van der Waals surface area contributed by atoms with Gasteiger partial charge in [-0.05, 0) is 69.0 Å². The highest BCUT2D eigenvalue weighted by Gasteiger charge is 2.59. The van der Waals surface area contributed by atoms with Crippen LogP contribution in [0.15, 0.2) is 48.5 Å². The lowest BCUT2D eigenvalue weighted by Gasteiger charge is -2.56. The van der Waals surface area contributed by atoms with Gasteiger partial charge in [0.25, 0.3) is 0 Å². The van der Waals surface area contributed by atoms with Gasteiger partial charge in [0.1, 0.15) is 3.26 Å². The first-order valence-corrected chi connectivity index (χ1v) is 17.7. The van der Waals surface area contributed by atoms with Crippen molar-refractivity contribution in [3.63, 3.8) is 0 Å². The molecule has 1 N–H and O–H groups in total. The second kappa shape index (κ2) is 12.5. The van der Waals surface area contributed by atoms with E-state index in [0.717, 1.165) is 11.1 Å². The highest BCUT2D eigenvalue weighted by molar-refractivity contribution is 14.1. The predicted octanol–water partition coefficient (Wildman–Crippen LogP) is 7.94. The number of carbonyl (C=O) groups excluding carboxylic acids is 1. The Morgan fingerprint density at radius 2 is 1.65 bits per heavy atom. The number of piperidine rings is 1. The summed E-state index contributed by atoms with van der Waals surface area (Å²) < 4.78 is 25.2. The molecule has 2 aromatic rings. The van der Waals surface area contributed by atoms with Crippen LogP contribution < -0.4 is 0 Å². The average Bonchev–Trinajstić information content (AvgIpc) is 2.83. The van der Waals surface area contributed by atoms with E-state index in [4.69, 9.17) is 23.2 Å². The first-order chi connectivity index (χ1) is 18.3. The summed E-state index contributed by atoms with van der Waals surface area (Å²) in [5.41, 5.74) is 0.299. The molecule has 3 rings (SSSR count). The number of alkyl halides is 2. The number of likely N-dealkylation sites (tertiary alicyclic amines) is 1. The maximum Gasteiger partial charge on any atom is 0.304 e. The molecule has 1 saturated heterocycles. The smallest absolute Gasteiger partial charge is 0.304 e. The third-order valence-corrected chi connectivity index (χ3v) is 15.6. The minimum Gasteiger partial charge on any atom is -0.481 e. The Bertz CT molecular complexity index is 1360. The topological polar surface area (TPSA) is 91.8 Å². The van der Waals surface area contributed by atoms with Crippen molar-refractivity contribution in [3.05, 3.63) is 69.7 Å². The fraction of sp³-hybridized carbons (Fsp3) is 0.517. The molecule has 1 aliphatic rings. The Labute approximate surface area is 274 Å².